The maximum absolute atomic E-state index is 9.75. The van der Waals surface area contributed by atoms with Gasteiger partial charge in [0.05, 0.1) is 45.1 Å². The van der Waals surface area contributed by atoms with Gasteiger partial charge in [-0.05, 0) is 89.0 Å². The molecule has 11 aromatic rings. The molecule has 1 aliphatic carbocycles. The van der Waals surface area contributed by atoms with Crippen LogP contribution in [0.15, 0.2) is 188 Å². The molecule has 0 bridgehead atoms. The summed E-state index contributed by atoms with van der Waals surface area (Å²) in [6.07, 6.45) is 0. The van der Waals surface area contributed by atoms with Crippen molar-refractivity contribution in [2.24, 2.45) is 0 Å². The van der Waals surface area contributed by atoms with Gasteiger partial charge in [0.2, 0.25) is 0 Å². The van der Waals surface area contributed by atoms with Gasteiger partial charge in [0.1, 0.15) is 0 Å². The SMILES string of the molecule is CC1(C)c2cc(C#N)ccc2-c2ccc(-c3cc(-c4ccccc4)nc(-c4cc(-n5c6ccccc6c6ccccc65)cc(-n5c6ccccc6c6ccccc65)c4)n3)cc21. The molecule has 0 unspecified atom stereocenters. The van der Waals surface area contributed by atoms with E-state index in [1.54, 1.807) is 0 Å². The summed E-state index contributed by atoms with van der Waals surface area (Å²) >= 11 is 0. The average molecular weight is 780 g/mol. The molecule has 0 spiro atoms. The van der Waals surface area contributed by atoms with Gasteiger partial charge >= 0.3 is 0 Å². The third kappa shape index (κ3) is 5.32. The molecule has 12 rings (SSSR count). The standard InChI is InChI=1S/C56H37N5/c1-56(2)47-28-35(34-57)24-26-41(47)42-27-25-37(31-48(42)56)50-33-49(36-14-4-3-5-15-36)58-55(59-50)38-29-39(60-51-20-10-6-16-43(51)44-17-7-11-21-52(44)60)32-40(30-38)61-53-22-12-8-18-45(53)46-19-9-13-23-54(46)61/h3-33H,1-2H3. The molecule has 0 aliphatic heterocycles. The van der Waals surface area contributed by atoms with Crippen molar-refractivity contribution >= 4 is 43.6 Å². The quantitative estimate of drug-likeness (QED) is 0.175. The highest BCUT2D eigenvalue weighted by molar-refractivity contribution is 6.10. The van der Waals surface area contributed by atoms with E-state index in [1.165, 1.54) is 43.8 Å². The first kappa shape index (κ1) is 34.9. The molecule has 286 valence electrons. The number of para-hydroxylation sites is 4. The highest BCUT2D eigenvalue weighted by atomic mass is 15.0. The molecule has 0 radical (unpaired) electrons. The average Bonchev–Trinajstić information content (AvgIpc) is 3.91. The second kappa shape index (κ2) is 13.2. The van der Waals surface area contributed by atoms with Crippen LogP contribution in [0, 0.1) is 11.3 Å². The van der Waals surface area contributed by atoms with Gasteiger partial charge in [-0.25, -0.2) is 9.97 Å². The van der Waals surface area contributed by atoms with Crippen molar-refractivity contribution in [3.63, 3.8) is 0 Å². The second-order valence-electron chi connectivity index (χ2n) is 16.6. The van der Waals surface area contributed by atoms with Gasteiger partial charge in [0.25, 0.3) is 0 Å². The summed E-state index contributed by atoms with van der Waals surface area (Å²) in [4.78, 5) is 10.9. The third-order valence-corrected chi connectivity index (χ3v) is 12.7. The van der Waals surface area contributed by atoms with E-state index in [9.17, 15) is 5.26 Å². The molecule has 0 N–H and O–H groups in total. The third-order valence-electron chi connectivity index (χ3n) is 12.7. The monoisotopic (exact) mass is 779 g/mol. The largest absolute Gasteiger partial charge is 0.309 e. The summed E-state index contributed by atoms with van der Waals surface area (Å²) in [5.41, 5.74) is 16.4. The summed E-state index contributed by atoms with van der Waals surface area (Å²) in [5, 5.41) is 14.6. The van der Waals surface area contributed by atoms with Gasteiger partial charge in [0, 0.05) is 55.0 Å². The molecule has 0 fully saturated rings. The van der Waals surface area contributed by atoms with Crippen LogP contribution in [0.5, 0.6) is 0 Å². The second-order valence-corrected chi connectivity index (χ2v) is 16.6. The summed E-state index contributed by atoms with van der Waals surface area (Å²) in [7, 11) is 0. The van der Waals surface area contributed by atoms with Crippen molar-refractivity contribution < 1.29 is 0 Å². The molecule has 0 saturated heterocycles. The zero-order chi connectivity index (χ0) is 40.8. The van der Waals surface area contributed by atoms with Crippen molar-refractivity contribution in [1.82, 2.24) is 19.1 Å². The van der Waals surface area contributed by atoms with E-state index in [-0.39, 0.29) is 5.41 Å². The molecular formula is C56H37N5. The molecule has 3 heterocycles. The summed E-state index contributed by atoms with van der Waals surface area (Å²) in [6, 6.07) is 69.0. The lowest BCUT2D eigenvalue weighted by molar-refractivity contribution is 0.660. The van der Waals surface area contributed by atoms with Crippen molar-refractivity contribution in [1.29, 1.82) is 5.26 Å². The van der Waals surface area contributed by atoms with Crippen LogP contribution in [0.4, 0.5) is 0 Å². The van der Waals surface area contributed by atoms with Gasteiger partial charge in [0.15, 0.2) is 5.82 Å². The Bertz CT molecular complexity index is 3400. The van der Waals surface area contributed by atoms with Gasteiger partial charge in [-0.2, -0.15) is 5.26 Å². The lowest BCUT2D eigenvalue weighted by atomic mass is 9.81. The van der Waals surface area contributed by atoms with Crippen LogP contribution in [-0.2, 0) is 5.41 Å². The van der Waals surface area contributed by atoms with E-state index in [4.69, 9.17) is 9.97 Å². The molecule has 0 atom stereocenters. The van der Waals surface area contributed by atoms with Gasteiger partial charge in [-0.1, -0.05) is 135 Å². The highest BCUT2D eigenvalue weighted by Crippen LogP contribution is 2.50. The molecule has 1 aliphatic rings. The van der Waals surface area contributed by atoms with Crippen LogP contribution in [0.3, 0.4) is 0 Å². The number of fused-ring (bicyclic) bond motifs is 9. The Morgan fingerprint density at radius 3 is 1.41 bits per heavy atom. The van der Waals surface area contributed by atoms with Crippen LogP contribution in [0.1, 0.15) is 30.5 Å². The van der Waals surface area contributed by atoms with Crippen molar-refractivity contribution in [3.8, 4) is 62.5 Å². The number of hydrogen-bond donors (Lipinski definition) is 0. The Labute approximate surface area is 353 Å². The number of aromatic nitrogens is 4. The van der Waals surface area contributed by atoms with E-state index >= 15 is 0 Å². The Balaban J connectivity index is 1.13. The van der Waals surface area contributed by atoms with E-state index in [1.807, 2.05) is 18.2 Å². The first-order valence-corrected chi connectivity index (χ1v) is 20.7. The maximum atomic E-state index is 9.75. The van der Waals surface area contributed by atoms with Crippen LogP contribution in [0.25, 0.3) is 100 Å². The zero-order valence-corrected chi connectivity index (χ0v) is 33.6. The number of hydrogen-bond acceptors (Lipinski definition) is 3. The van der Waals surface area contributed by atoms with Gasteiger partial charge in [-0.3, -0.25) is 0 Å². The number of benzene rings is 8. The minimum atomic E-state index is -0.292. The minimum absolute atomic E-state index is 0.292. The Kier molecular flexibility index (Phi) is 7.57. The van der Waals surface area contributed by atoms with Crippen molar-refractivity contribution in [3.05, 3.63) is 205 Å². The smallest absolute Gasteiger partial charge is 0.160 e. The Morgan fingerprint density at radius 2 is 0.885 bits per heavy atom. The first-order chi connectivity index (χ1) is 29.9. The fourth-order valence-corrected chi connectivity index (χ4v) is 9.83. The molecule has 5 heteroatoms. The lowest BCUT2D eigenvalue weighted by Gasteiger charge is -2.22. The fraction of sp³-hybridized carbons (Fsp3) is 0.0536. The highest BCUT2D eigenvalue weighted by Gasteiger charge is 2.36. The van der Waals surface area contributed by atoms with Crippen molar-refractivity contribution in [2.45, 2.75) is 19.3 Å². The molecule has 0 saturated carbocycles. The molecule has 0 amide bonds. The minimum Gasteiger partial charge on any atom is -0.309 e. The van der Waals surface area contributed by atoms with Crippen molar-refractivity contribution in [2.75, 3.05) is 0 Å². The van der Waals surface area contributed by atoms with Crippen LogP contribution in [-0.4, -0.2) is 19.1 Å². The normalized spacial score (nSPS) is 12.9. The van der Waals surface area contributed by atoms with E-state index in [0.717, 1.165) is 61.5 Å². The predicted octanol–water partition coefficient (Wildman–Crippen LogP) is 13.8. The summed E-state index contributed by atoms with van der Waals surface area (Å²) < 4.78 is 4.76. The van der Waals surface area contributed by atoms with Gasteiger partial charge in [-0.15, -0.1) is 0 Å². The fourth-order valence-electron chi connectivity index (χ4n) is 9.83. The van der Waals surface area contributed by atoms with Crippen LogP contribution < -0.4 is 0 Å². The van der Waals surface area contributed by atoms with Gasteiger partial charge < -0.3 is 9.13 Å². The molecular weight excluding hydrogens is 743 g/mol. The molecule has 5 nitrogen and oxygen atoms in total. The maximum Gasteiger partial charge on any atom is 0.160 e. The molecule has 61 heavy (non-hydrogen) atoms. The molecule has 3 aromatic heterocycles. The van der Waals surface area contributed by atoms with E-state index in [0.29, 0.717) is 11.4 Å². The lowest BCUT2D eigenvalue weighted by Crippen LogP contribution is -2.15. The topological polar surface area (TPSA) is 59.4 Å². The predicted molar refractivity (Wildman–Crippen MR) is 249 cm³/mol. The first-order valence-electron chi connectivity index (χ1n) is 20.7. The van der Waals surface area contributed by atoms with Crippen LogP contribution in [0.2, 0.25) is 0 Å². The Morgan fingerprint density at radius 1 is 0.426 bits per heavy atom. The Hall–Kier alpha value is -8.07. The summed E-state index contributed by atoms with van der Waals surface area (Å²) in [5.74, 6) is 0.641. The molecule has 8 aromatic carbocycles. The summed E-state index contributed by atoms with van der Waals surface area (Å²) in [6.45, 7) is 4.50. The zero-order valence-electron chi connectivity index (χ0n) is 33.6. The number of nitriles is 1. The number of nitrogens with zero attached hydrogens (tertiary/aromatic N) is 5. The van der Waals surface area contributed by atoms with E-state index < -0.39 is 0 Å². The van der Waals surface area contributed by atoms with E-state index in [2.05, 4.69) is 199 Å². The number of rotatable bonds is 5. The van der Waals surface area contributed by atoms with Crippen LogP contribution >= 0.6 is 0 Å².